The van der Waals surface area contributed by atoms with Gasteiger partial charge in [0, 0.05) is 22.7 Å². The van der Waals surface area contributed by atoms with E-state index in [1.165, 1.54) is 86.2 Å². The zero-order valence-electron chi connectivity index (χ0n) is 25.0. The highest BCUT2D eigenvalue weighted by molar-refractivity contribution is 7.18. The second-order valence-electron chi connectivity index (χ2n) is 14.5. The molecule has 0 spiro atoms. The molecule has 220 valence electrons. The van der Waals surface area contributed by atoms with Gasteiger partial charge < -0.3 is 10.6 Å². The van der Waals surface area contributed by atoms with Gasteiger partial charge in [0.2, 0.25) is 0 Å². The predicted octanol–water partition coefficient (Wildman–Crippen LogP) is 8.16. The van der Waals surface area contributed by atoms with Gasteiger partial charge in [0.1, 0.15) is 0 Å². The molecule has 6 fully saturated rings. The van der Waals surface area contributed by atoms with Crippen LogP contribution in [0.5, 0.6) is 0 Å². The summed E-state index contributed by atoms with van der Waals surface area (Å²) in [6, 6.07) is 28.9. The van der Waals surface area contributed by atoms with Crippen LogP contribution in [0.15, 0.2) is 72.8 Å². The number of rotatable bonds is 7. The molecule has 2 saturated heterocycles. The Kier molecular flexibility index (Phi) is 7.39. The van der Waals surface area contributed by atoms with E-state index in [0.717, 1.165) is 36.8 Å². The minimum atomic E-state index is -0.0391. The molecule has 6 aliphatic rings. The van der Waals surface area contributed by atoms with Crippen molar-refractivity contribution in [2.45, 2.75) is 80.4 Å². The van der Waals surface area contributed by atoms with Gasteiger partial charge in [-0.3, -0.25) is 0 Å². The van der Waals surface area contributed by atoms with Crippen LogP contribution >= 0.6 is 18.5 Å². The third-order valence-corrected chi connectivity index (χ3v) is 14.3. The van der Waals surface area contributed by atoms with Gasteiger partial charge in [-0.25, -0.2) is 0 Å². The Labute approximate surface area is 258 Å². The van der Waals surface area contributed by atoms with Gasteiger partial charge >= 0.3 is 0 Å². The highest BCUT2D eigenvalue weighted by Crippen LogP contribution is 2.65. The lowest BCUT2D eigenvalue weighted by Gasteiger charge is -2.62. The van der Waals surface area contributed by atoms with Crippen LogP contribution in [0, 0.1) is 23.7 Å². The second kappa shape index (κ2) is 11.1. The summed E-state index contributed by atoms with van der Waals surface area (Å²) >= 11 is 0. The van der Waals surface area contributed by atoms with E-state index >= 15 is 0 Å². The Balaban J connectivity index is 1.43. The maximum absolute atomic E-state index is 4.04. The summed E-state index contributed by atoms with van der Waals surface area (Å²) < 4.78 is 0. The maximum atomic E-state index is 4.04. The molecule has 3 aromatic carbocycles. The van der Waals surface area contributed by atoms with E-state index < -0.39 is 0 Å². The topological polar surface area (TPSA) is 24.1 Å². The molecule has 2 aliphatic heterocycles. The van der Waals surface area contributed by atoms with Crippen molar-refractivity contribution in [3.8, 4) is 22.3 Å². The molecule has 4 heteroatoms. The number of nitrogens with one attached hydrogen (secondary N) is 2. The highest BCUT2D eigenvalue weighted by Gasteiger charge is 2.59. The van der Waals surface area contributed by atoms with Crippen LogP contribution in [0.4, 0.5) is 0 Å². The Morgan fingerprint density at radius 3 is 1.64 bits per heavy atom. The average molecular weight is 595 g/mol. The van der Waals surface area contributed by atoms with Crippen molar-refractivity contribution < 1.29 is 0 Å². The first-order valence-electron chi connectivity index (χ1n) is 16.9. The zero-order valence-corrected chi connectivity index (χ0v) is 27.3. The first-order chi connectivity index (χ1) is 20.6. The average Bonchev–Trinajstić information content (AvgIpc) is 3.78. The molecular formula is C38H48N2P2. The minimum Gasteiger partial charge on any atom is -0.313 e. The SMILES string of the molecule is PCC1(c2cc(-c3ccccc3)c(-c3ccccc3)cc2C(P)(C2CCCN2)C2CCCN2)C2CC3CC(C2)CC1C3. The normalized spacial score (nSPS) is 35.0. The van der Waals surface area contributed by atoms with Gasteiger partial charge in [-0.2, -0.15) is 0 Å². The lowest BCUT2D eigenvalue weighted by molar-refractivity contribution is -0.0506. The Bertz CT molecular complexity index is 1360. The quantitative estimate of drug-likeness (QED) is 0.270. The van der Waals surface area contributed by atoms with Crippen LogP contribution < -0.4 is 10.6 Å². The van der Waals surface area contributed by atoms with Crippen LogP contribution in [0.1, 0.15) is 68.9 Å². The lowest BCUT2D eigenvalue weighted by atomic mass is 9.43. The molecule has 4 atom stereocenters. The summed E-state index contributed by atoms with van der Waals surface area (Å²) in [4.78, 5) is 0. The van der Waals surface area contributed by atoms with Gasteiger partial charge in [0.25, 0.3) is 0 Å². The molecule has 0 radical (unpaired) electrons. The first kappa shape index (κ1) is 28.0. The van der Waals surface area contributed by atoms with Gasteiger partial charge in [0.15, 0.2) is 0 Å². The highest BCUT2D eigenvalue weighted by atomic mass is 31.0. The third kappa shape index (κ3) is 4.34. The van der Waals surface area contributed by atoms with Crippen molar-refractivity contribution in [2.24, 2.45) is 23.7 Å². The van der Waals surface area contributed by atoms with Crippen molar-refractivity contribution in [2.75, 3.05) is 19.3 Å². The van der Waals surface area contributed by atoms with Crippen molar-refractivity contribution >= 4 is 18.5 Å². The molecule has 3 aromatic rings. The van der Waals surface area contributed by atoms with Gasteiger partial charge in [0.05, 0.1) is 0 Å². The van der Waals surface area contributed by atoms with Gasteiger partial charge in [-0.05, 0) is 146 Å². The molecular weight excluding hydrogens is 546 g/mol. The largest absolute Gasteiger partial charge is 0.313 e. The van der Waals surface area contributed by atoms with Crippen molar-refractivity contribution in [3.63, 3.8) is 0 Å². The summed E-state index contributed by atoms with van der Waals surface area (Å²) in [6.07, 6.45) is 13.5. The number of hydrogen-bond donors (Lipinski definition) is 2. The van der Waals surface area contributed by atoms with E-state index in [-0.39, 0.29) is 10.6 Å². The standard InChI is InChI=1S/C38H48N2P2/c41-24-37(29-18-25-17-26(20-29)21-30(37)19-25)33-22-31(27-9-3-1-4-10-27)32(28-11-5-2-6-12-28)23-34(33)38(42,35-13-7-15-39-35)36-14-8-16-40-36/h1-6,9-12,22-23,25-26,29-30,35-36,39-40H,7-8,13-21,24,41-42H2. The summed E-state index contributed by atoms with van der Waals surface area (Å²) in [5.74, 6) is 3.54. The van der Waals surface area contributed by atoms with Crippen LogP contribution in [0.2, 0.25) is 0 Å². The van der Waals surface area contributed by atoms with E-state index in [1.54, 1.807) is 11.1 Å². The molecule has 4 saturated carbocycles. The Morgan fingerprint density at radius 2 is 1.19 bits per heavy atom. The van der Waals surface area contributed by atoms with E-state index in [0.29, 0.717) is 12.1 Å². The summed E-state index contributed by atoms with van der Waals surface area (Å²) in [7, 11) is 6.86. The third-order valence-electron chi connectivity index (χ3n) is 12.5. The molecule has 9 rings (SSSR count). The van der Waals surface area contributed by atoms with E-state index in [9.17, 15) is 0 Å². The molecule has 42 heavy (non-hydrogen) atoms. The molecule has 4 unspecified atom stereocenters. The molecule has 2 N–H and O–H groups in total. The fourth-order valence-corrected chi connectivity index (χ4v) is 12.5. The number of hydrogen-bond acceptors (Lipinski definition) is 2. The molecule has 0 amide bonds. The van der Waals surface area contributed by atoms with E-state index in [4.69, 9.17) is 0 Å². The minimum absolute atomic E-state index is 0.0391. The van der Waals surface area contributed by atoms with Crippen LogP contribution in [0.3, 0.4) is 0 Å². The van der Waals surface area contributed by atoms with E-state index in [2.05, 4.69) is 102 Å². The van der Waals surface area contributed by atoms with Crippen LogP contribution in [-0.2, 0) is 10.6 Å². The molecule has 0 aromatic heterocycles. The molecule has 4 aliphatic carbocycles. The fraction of sp³-hybridized carbons (Fsp3) is 0.526. The predicted molar refractivity (Wildman–Crippen MR) is 184 cm³/mol. The zero-order chi connectivity index (χ0) is 28.3. The van der Waals surface area contributed by atoms with E-state index in [1.807, 2.05) is 0 Å². The molecule has 2 nitrogen and oxygen atoms in total. The van der Waals surface area contributed by atoms with Crippen LogP contribution in [-0.4, -0.2) is 31.3 Å². The second-order valence-corrected chi connectivity index (χ2v) is 15.8. The molecule has 4 bridgehead atoms. The smallest absolute Gasteiger partial charge is 0.0405 e. The molecule has 2 heterocycles. The lowest BCUT2D eigenvalue weighted by Crippen LogP contribution is -2.59. The first-order valence-corrected chi connectivity index (χ1v) is 18.3. The van der Waals surface area contributed by atoms with Crippen molar-refractivity contribution in [1.29, 1.82) is 0 Å². The van der Waals surface area contributed by atoms with Gasteiger partial charge in [-0.15, -0.1) is 18.5 Å². The summed E-state index contributed by atoms with van der Waals surface area (Å²) in [6.45, 7) is 2.28. The summed E-state index contributed by atoms with van der Waals surface area (Å²) in [5.41, 5.74) is 9.05. The maximum Gasteiger partial charge on any atom is 0.0405 e. The Hall–Kier alpha value is -1.56. The van der Waals surface area contributed by atoms with Crippen molar-refractivity contribution in [1.82, 2.24) is 10.6 Å². The summed E-state index contributed by atoms with van der Waals surface area (Å²) in [5, 5.41) is 8.04. The Morgan fingerprint density at radius 1 is 0.690 bits per heavy atom. The monoisotopic (exact) mass is 594 g/mol. The fourth-order valence-electron chi connectivity index (χ4n) is 10.8. The van der Waals surface area contributed by atoms with Gasteiger partial charge in [-0.1, -0.05) is 60.7 Å². The van der Waals surface area contributed by atoms with Crippen molar-refractivity contribution in [3.05, 3.63) is 83.9 Å². The number of benzene rings is 3. The van der Waals surface area contributed by atoms with Crippen LogP contribution in [0.25, 0.3) is 22.3 Å².